The maximum absolute atomic E-state index is 13.9. The number of aromatic amines is 1. The molecule has 0 unspecified atom stereocenters. The van der Waals surface area contributed by atoms with Crippen LogP contribution in [0.2, 0.25) is 0 Å². The molecule has 6 heteroatoms. The number of fused-ring (bicyclic) bond motifs is 1. The number of nitrogens with one attached hydrogen (secondary N) is 1. The van der Waals surface area contributed by atoms with Gasteiger partial charge in [-0.05, 0) is 24.1 Å². The Hall–Kier alpha value is -2.99. The minimum absolute atomic E-state index is 0.0750. The smallest absolute Gasteiger partial charge is 0.254 e. The zero-order valence-corrected chi connectivity index (χ0v) is 15.0. The molecule has 0 aliphatic carbocycles. The molecule has 0 saturated heterocycles. The van der Waals surface area contributed by atoms with Gasteiger partial charge in [0.15, 0.2) is 11.6 Å². The minimum atomic E-state index is -0.367. The van der Waals surface area contributed by atoms with Gasteiger partial charge in [-0.2, -0.15) is 0 Å². The number of halogens is 1. The summed E-state index contributed by atoms with van der Waals surface area (Å²) in [5.41, 5.74) is 3.20. The van der Waals surface area contributed by atoms with Crippen LogP contribution in [0, 0.1) is 5.82 Å². The van der Waals surface area contributed by atoms with Crippen molar-refractivity contribution in [1.82, 2.24) is 14.9 Å². The zero-order valence-electron chi connectivity index (χ0n) is 15.0. The summed E-state index contributed by atoms with van der Waals surface area (Å²) in [4.78, 5) is 22.2. The molecule has 1 aliphatic heterocycles. The number of H-pyrrole nitrogens is 1. The Balaban J connectivity index is 1.58. The van der Waals surface area contributed by atoms with Crippen molar-refractivity contribution in [3.05, 3.63) is 81.5 Å². The summed E-state index contributed by atoms with van der Waals surface area (Å²) in [6, 6.07) is 14.6. The first-order valence-corrected chi connectivity index (χ1v) is 8.86. The Morgan fingerprint density at radius 2 is 2.04 bits per heavy atom. The molecule has 1 aromatic heterocycles. The van der Waals surface area contributed by atoms with E-state index in [-0.39, 0.29) is 17.1 Å². The highest BCUT2D eigenvalue weighted by atomic mass is 19.1. The SMILES string of the molecule is COc1ccc(CN2CCc3c(nc(-c4ccccc4)[nH]c3=O)C2)cc1F. The molecular weight excluding hydrogens is 345 g/mol. The Bertz CT molecular complexity index is 1020. The van der Waals surface area contributed by atoms with Crippen LogP contribution in [-0.2, 0) is 19.5 Å². The molecule has 3 aromatic rings. The molecule has 5 nitrogen and oxygen atoms in total. The van der Waals surface area contributed by atoms with Gasteiger partial charge in [0.2, 0.25) is 0 Å². The van der Waals surface area contributed by atoms with Crippen LogP contribution >= 0.6 is 0 Å². The number of nitrogens with zero attached hydrogens (tertiary/aromatic N) is 2. The lowest BCUT2D eigenvalue weighted by Crippen LogP contribution is -2.35. The molecule has 0 spiro atoms. The van der Waals surface area contributed by atoms with Gasteiger partial charge in [-0.1, -0.05) is 36.4 Å². The van der Waals surface area contributed by atoms with E-state index in [1.165, 1.54) is 13.2 Å². The fourth-order valence-corrected chi connectivity index (χ4v) is 3.43. The summed E-state index contributed by atoms with van der Waals surface area (Å²) in [5.74, 6) is 0.452. The van der Waals surface area contributed by atoms with Gasteiger partial charge in [0.05, 0.1) is 12.8 Å². The van der Waals surface area contributed by atoms with E-state index in [9.17, 15) is 9.18 Å². The molecule has 0 bridgehead atoms. The van der Waals surface area contributed by atoms with E-state index in [2.05, 4.69) is 14.9 Å². The van der Waals surface area contributed by atoms with E-state index in [0.717, 1.165) is 28.9 Å². The van der Waals surface area contributed by atoms with Gasteiger partial charge in [0.1, 0.15) is 5.82 Å². The fourth-order valence-electron chi connectivity index (χ4n) is 3.43. The van der Waals surface area contributed by atoms with Gasteiger partial charge in [0.25, 0.3) is 5.56 Å². The van der Waals surface area contributed by atoms with Crippen LogP contribution in [0.25, 0.3) is 11.4 Å². The van der Waals surface area contributed by atoms with Gasteiger partial charge >= 0.3 is 0 Å². The maximum atomic E-state index is 13.9. The van der Waals surface area contributed by atoms with Crippen molar-refractivity contribution >= 4 is 0 Å². The summed E-state index contributed by atoms with van der Waals surface area (Å²) in [6.45, 7) is 1.89. The third kappa shape index (κ3) is 3.61. The summed E-state index contributed by atoms with van der Waals surface area (Å²) >= 11 is 0. The first-order valence-electron chi connectivity index (χ1n) is 8.86. The monoisotopic (exact) mass is 365 g/mol. The average molecular weight is 365 g/mol. The summed E-state index contributed by atoms with van der Waals surface area (Å²) in [6.07, 6.45) is 0.630. The number of rotatable bonds is 4. The van der Waals surface area contributed by atoms with E-state index in [4.69, 9.17) is 4.74 Å². The van der Waals surface area contributed by atoms with Crippen molar-refractivity contribution in [2.24, 2.45) is 0 Å². The highest BCUT2D eigenvalue weighted by Crippen LogP contribution is 2.22. The van der Waals surface area contributed by atoms with Crippen molar-refractivity contribution in [2.45, 2.75) is 19.5 Å². The van der Waals surface area contributed by atoms with Crippen LogP contribution in [-0.4, -0.2) is 28.5 Å². The molecule has 27 heavy (non-hydrogen) atoms. The van der Waals surface area contributed by atoms with Crippen LogP contribution in [0.15, 0.2) is 53.3 Å². The molecule has 1 N–H and O–H groups in total. The van der Waals surface area contributed by atoms with Crippen molar-refractivity contribution < 1.29 is 9.13 Å². The van der Waals surface area contributed by atoms with Crippen molar-refractivity contribution in [3.8, 4) is 17.1 Å². The van der Waals surface area contributed by atoms with E-state index in [1.54, 1.807) is 6.07 Å². The first-order chi connectivity index (χ1) is 13.1. The summed E-state index contributed by atoms with van der Waals surface area (Å²) in [7, 11) is 1.45. The molecule has 0 fully saturated rings. The standard InChI is InChI=1S/C21H20FN3O2/c1-27-19-8-7-14(11-17(19)22)12-25-10-9-16-18(13-25)23-20(24-21(16)26)15-5-3-2-4-6-15/h2-8,11H,9-10,12-13H2,1H3,(H,23,24,26). The molecule has 1 aliphatic rings. The highest BCUT2D eigenvalue weighted by molar-refractivity contribution is 5.54. The summed E-state index contributed by atoms with van der Waals surface area (Å²) < 4.78 is 18.9. The fraction of sp³-hybridized carbons (Fsp3) is 0.238. The molecule has 4 rings (SSSR count). The Morgan fingerprint density at radius 3 is 2.78 bits per heavy atom. The molecule has 0 radical (unpaired) electrons. The Labute approximate surface area is 156 Å². The molecule has 0 amide bonds. The number of ether oxygens (including phenoxy) is 1. The van der Waals surface area contributed by atoms with Crippen molar-refractivity contribution in [2.75, 3.05) is 13.7 Å². The first kappa shape index (κ1) is 17.4. The van der Waals surface area contributed by atoms with Crippen LogP contribution in [0.5, 0.6) is 5.75 Å². The lowest BCUT2D eigenvalue weighted by Gasteiger charge is -2.27. The zero-order chi connectivity index (χ0) is 18.8. The van der Waals surface area contributed by atoms with Crippen LogP contribution in [0.4, 0.5) is 4.39 Å². The molecule has 138 valence electrons. The average Bonchev–Trinajstić information content (AvgIpc) is 2.68. The topological polar surface area (TPSA) is 58.2 Å². The largest absolute Gasteiger partial charge is 0.494 e. The molecule has 2 heterocycles. The van der Waals surface area contributed by atoms with E-state index in [1.807, 2.05) is 36.4 Å². The predicted octanol–water partition coefficient (Wildman–Crippen LogP) is 3.14. The lowest BCUT2D eigenvalue weighted by atomic mass is 10.0. The van der Waals surface area contributed by atoms with E-state index in [0.29, 0.717) is 25.3 Å². The van der Waals surface area contributed by atoms with E-state index < -0.39 is 0 Å². The van der Waals surface area contributed by atoms with Gasteiger partial charge < -0.3 is 9.72 Å². The molecule has 0 atom stereocenters. The minimum Gasteiger partial charge on any atom is -0.494 e. The van der Waals surface area contributed by atoms with Crippen molar-refractivity contribution in [1.29, 1.82) is 0 Å². The van der Waals surface area contributed by atoms with Gasteiger partial charge in [-0.3, -0.25) is 9.69 Å². The predicted molar refractivity (Wildman–Crippen MR) is 101 cm³/mol. The number of hydrogen-bond acceptors (Lipinski definition) is 4. The van der Waals surface area contributed by atoms with Crippen LogP contribution in [0.1, 0.15) is 16.8 Å². The number of hydrogen-bond donors (Lipinski definition) is 1. The molecule has 2 aromatic carbocycles. The third-order valence-corrected chi connectivity index (χ3v) is 4.82. The van der Waals surface area contributed by atoms with Crippen LogP contribution in [0.3, 0.4) is 0 Å². The second-order valence-electron chi connectivity index (χ2n) is 6.64. The highest BCUT2D eigenvalue weighted by Gasteiger charge is 2.21. The second-order valence-corrected chi connectivity index (χ2v) is 6.64. The Kier molecular flexibility index (Phi) is 4.73. The van der Waals surface area contributed by atoms with Gasteiger partial charge in [-0.15, -0.1) is 0 Å². The number of methoxy groups -OCH3 is 1. The molecule has 0 saturated carbocycles. The van der Waals surface area contributed by atoms with Crippen LogP contribution < -0.4 is 10.3 Å². The van der Waals surface area contributed by atoms with Gasteiger partial charge in [0, 0.05) is 30.8 Å². The normalized spacial score (nSPS) is 14.0. The van der Waals surface area contributed by atoms with E-state index >= 15 is 0 Å². The third-order valence-electron chi connectivity index (χ3n) is 4.82. The second kappa shape index (κ2) is 7.32. The van der Waals surface area contributed by atoms with Crippen molar-refractivity contribution in [3.63, 3.8) is 0 Å². The Morgan fingerprint density at radius 1 is 1.22 bits per heavy atom. The van der Waals surface area contributed by atoms with Gasteiger partial charge in [-0.25, -0.2) is 9.37 Å². The number of benzene rings is 2. The molecular formula is C21H20FN3O2. The number of aromatic nitrogens is 2. The quantitative estimate of drug-likeness (QED) is 0.772. The summed E-state index contributed by atoms with van der Waals surface area (Å²) in [5, 5.41) is 0. The maximum Gasteiger partial charge on any atom is 0.254 e. The lowest BCUT2D eigenvalue weighted by molar-refractivity contribution is 0.240.